The lowest BCUT2D eigenvalue weighted by molar-refractivity contribution is -0.385. The van der Waals surface area contributed by atoms with Gasteiger partial charge in [-0.1, -0.05) is 11.6 Å². The number of nitrogens with one attached hydrogen (secondary N) is 1. The molecule has 22 heavy (non-hydrogen) atoms. The molecule has 1 saturated heterocycles. The number of nitrogens with zero attached hydrogens (tertiary/aromatic N) is 1. The van der Waals surface area contributed by atoms with Gasteiger partial charge < -0.3 is 14.8 Å². The standard InChI is InChI=1S/C15H21ClN2O4/c1-11-9-14(13(16)10-15(11)18(19)20)17-5-2-6-22-12-3-7-21-8-4-12/h9-10,12,17H,2-8H2,1H3. The number of hydrogen-bond donors (Lipinski definition) is 1. The summed E-state index contributed by atoms with van der Waals surface area (Å²) in [5, 5.41) is 14.4. The van der Waals surface area contributed by atoms with Crippen LogP contribution in [0.4, 0.5) is 11.4 Å². The zero-order valence-corrected chi connectivity index (χ0v) is 13.4. The van der Waals surface area contributed by atoms with Crippen LogP contribution in [0.2, 0.25) is 5.02 Å². The van der Waals surface area contributed by atoms with Gasteiger partial charge in [0.15, 0.2) is 0 Å². The van der Waals surface area contributed by atoms with Gasteiger partial charge in [0, 0.05) is 38.0 Å². The Morgan fingerprint density at radius 1 is 1.45 bits per heavy atom. The molecule has 0 aromatic heterocycles. The van der Waals surface area contributed by atoms with Crippen LogP contribution in [0, 0.1) is 17.0 Å². The van der Waals surface area contributed by atoms with E-state index in [4.69, 9.17) is 21.1 Å². The van der Waals surface area contributed by atoms with E-state index in [1.807, 2.05) is 0 Å². The van der Waals surface area contributed by atoms with Crippen molar-refractivity contribution in [2.24, 2.45) is 0 Å². The van der Waals surface area contributed by atoms with Gasteiger partial charge in [0.05, 0.1) is 21.7 Å². The molecular weight excluding hydrogens is 308 g/mol. The normalized spacial score (nSPS) is 15.7. The van der Waals surface area contributed by atoms with Crippen LogP contribution in [0.25, 0.3) is 0 Å². The molecule has 0 aliphatic carbocycles. The number of hydrogen-bond acceptors (Lipinski definition) is 5. The number of anilines is 1. The Morgan fingerprint density at radius 3 is 2.86 bits per heavy atom. The molecule has 1 N–H and O–H groups in total. The highest BCUT2D eigenvalue weighted by Crippen LogP contribution is 2.30. The maximum atomic E-state index is 10.8. The second kappa shape index (κ2) is 8.31. The number of halogens is 1. The first kappa shape index (κ1) is 17.0. The molecule has 0 radical (unpaired) electrons. The first-order chi connectivity index (χ1) is 10.6. The monoisotopic (exact) mass is 328 g/mol. The molecule has 122 valence electrons. The van der Waals surface area contributed by atoms with Gasteiger partial charge in [-0.2, -0.15) is 0 Å². The van der Waals surface area contributed by atoms with Crippen LogP contribution < -0.4 is 5.32 Å². The summed E-state index contributed by atoms with van der Waals surface area (Å²) < 4.78 is 11.1. The SMILES string of the molecule is Cc1cc(NCCCOC2CCOCC2)c(Cl)cc1[N+](=O)[O-]. The molecule has 7 heteroatoms. The van der Waals surface area contributed by atoms with E-state index < -0.39 is 4.92 Å². The van der Waals surface area contributed by atoms with Gasteiger partial charge in [-0.25, -0.2) is 0 Å². The van der Waals surface area contributed by atoms with E-state index in [9.17, 15) is 10.1 Å². The van der Waals surface area contributed by atoms with Crippen molar-refractivity contribution in [3.63, 3.8) is 0 Å². The molecule has 0 amide bonds. The molecule has 0 spiro atoms. The Hall–Kier alpha value is -1.37. The predicted molar refractivity (Wildman–Crippen MR) is 85.7 cm³/mol. The minimum absolute atomic E-state index is 0.0402. The van der Waals surface area contributed by atoms with Gasteiger partial charge in [0.25, 0.3) is 5.69 Å². The fourth-order valence-corrected chi connectivity index (χ4v) is 2.62. The summed E-state index contributed by atoms with van der Waals surface area (Å²) in [7, 11) is 0. The summed E-state index contributed by atoms with van der Waals surface area (Å²) in [5.41, 5.74) is 1.35. The highest BCUT2D eigenvalue weighted by atomic mass is 35.5. The average molecular weight is 329 g/mol. The van der Waals surface area contributed by atoms with E-state index in [1.165, 1.54) is 6.07 Å². The van der Waals surface area contributed by atoms with Crippen molar-refractivity contribution in [3.05, 3.63) is 32.8 Å². The summed E-state index contributed by atoms with van der Waals surface area (Å²) in [6.07, 6.45) is 3.07. The van der Waals surface area contributed by atoms with E-state index in [0.29, 0.717) is 29.8 Å². The third-order valence-corrected chi connectivity index (χ3v) is 3.95. The van der Waals surface area contributed by atoms with Crippen molar-refractivity contribution >= 4 is 23.0 Å². The topological polar surface area (TPSA) is 73.6 Å². The van der Waals surface area contributed by atoms with Gasteiger partial charge >= 0.3 is 0 Å². The van der Waals surface area contributed by atoms with E-state index >= 15 is 0 Å². The fraction of sp³-hybridized carbons (Fsp3) is 0.600. The lowest BCUT2D eigenvalue weighted by atomic mass is 10.1. The van der Waals surface area contributed by atoms with Crippen molar-refractivity contribution in [2.45, 2.75) is 32.3 Å². The molecule has 0 saturated carbocycles. The van der Waals surface area contributed by atoms with Crippen LogP contribution >= 0.6 is 11.6 Å². The molecule has 0 unspecified atom stereocenters. The summed E-state index contributed by atoms with van der Waals surface area (Å²) >= 11 is 6.07. The van der Waals surface area contributed by atoms with Crippen LogP contribution in [-0.2, 0) is 9.47 Å². The van der Waals surface area contributed by atoms with Crippen molar-refractivity contribution in [2.75, 3.05) is 31.7 Å². The van der Waals surface area contributed by atoms with Gasteiger partial charge in [0.1, 0.15) is 0 Å². The van der Waals surface area contributed by atoms with Crippen molar-refractivity contribution in [1.29, 1.82) is 0 Å². The Balaban J connectivity index is 1.74. The average Bonchev–Trinajstić information content (AvgIpc) is 2.50. The summed E-state index contributed by atoms with van der Waals surface area (Å²) in [6, 6.07) is 3.09. The molecule has 1 fully saturated rings. The van der Waals surface area contributed by atoms with Crippen molar-refractivity contribution in [1.82, 2.24) is 0 Å². The van der Waals surface area contributed by atoms with Gasteiger partial charge in [0.2, 0.25) is 0 Å². The molecule has 1 heterocycles. The summed E-state index contributed by atoms with van der Waals surface area (Å²) in [5.74, 6) is 0. The second-order valence-electron chi connectivity index (χ2n) is 5.34. The van der Waals surface area contributed by atoms with Gasteiger partial charge in [-0.15, -0.1) is 0 Å². The van der Waals surface area contributed by atoms with Gasteiger partial charge in [-0.3, -0.25) is 10.1 Å². The third-order valence-electron chi connectivity index (χ3n) is 3.64. The molecule has 1 aromatic rings. The van der Waals surface area contributed by atoms with E-state index in [1.54, 1.807) is 13.0 Å². The van der Waals surface area contributed by atoms with E-state index in [2.05, 4.69) is 5.32 Å². The Bertz CT molecular complexity index is 519. The summed E-state index contributed by atoms with van der Waals surface area (Å²) in [6.45, 7) is 4.65. The largest absolute Gasteiger partial charge is 0.384 e. The van der Waals surface area contributed by atoms with E-state index in [0.717, 1.165) is 38.2 Å². The van der Waals surface area contributed by atoms with Crippen LogP contribution in [0.15, 0.2) is 12.1 Å². The third kappa shape index (κ3) is 4.83. The van der Waals surface area contributed by atoms with Crippen molar-refractivity contribution in [3.8, 4) is 0 Å². The highest BCUT2D eigenvalue weighted by molar-refractivity contribution is 6.33. The molecule has 1 aliphatic rings. The molecule has 0 atom stereocenters. The first-order valence-corrected chi connectivity index (χ1v) is 7.83. The minimum atomic E-state index is -0.424. The van der Waals surface area contributed by atoms with Crippen LogP contribution in [0.3, 0.4) is 0 Å². The number of benzene rings is 1. The zero-order valence-electron chi connectivity index (χ0n) is 12.6. The number of nitro groups is 1. The maximum Gasteiger partial charge on any atom is 0.273 e. The smallest absolute Gasteiger partial charge is 0.273 e. The zero-order chi connectivity index (χ0) is 15.9. The molecule has 0 bridgehead atoms. The van der Waals surface area contributed by atoms with Crippen LogP contribution in [0.5, 0.6) is 0 Å². The number of ether oxygens (including phenoxy) is 2. The van der Waals surface area contributed by atoms with Crippen LogP contribution in [-0.4, -0.2) is 37.4 Å². The minimum Gasteiger partial charge on any atom is -0.384 e. The first-order valence-electron chi connectivity index (χ1n) is 7.45. The fourth-order valence-electron chi connectivity index (χ4n) is 2.39. The molecule has 1 aliphatic heterocycles. The number of rotatable bonds is 7. The molecule has 1 aromatic carbocycles. The van der Waals surface area contributed by atoms with Crippen molar-refractivity contribution < 1.29 is 14.4 Å². The molecule has 2 rings (SSSR count). The molecular formula is C15H21ClN2O4. The lowest BCUT2D eigenvalue weighted by Gasteiger charge is -2.22. The number of nitro benzene ring substituents is 1. The van der Waals surface area contributed by atoms with Gasteiger partial charge in [-0.05, 0) is 32.3 Å². The lowest BCUT2D eigenvalue weighted by Crippen LogP contribution is -2.24. The predicted octanol–water partition coefficient (Wildman–Crippen LogP) is 3.55. The van der Waals surface area contributed by atoms with Crippen LogP contribution in [0.1, 0.15) is 24.8 Å². The highest BCUT2D eigenvalue weighted by Gasteiger charge is 2.15. The summed E-state index contributed by atoms with van der Waals surface area (Å²) in [4.78, 5) is 10.4. The van der Waals surface area contributed by atoms with E-state index in [-0.39, 0.29) is 5.69 Å². The Morgan fingerprint density at radius 2 is 2.18 bits per heavy atom. The Labute approximate surface area is 134 Å². The quantitative estimate of drug-likeness (QED) is 0.470. The Kier molecular flexibility index (Phi) is 6.42. The second-order valence-corrected chi connectivity index (χ2v) is 5.75. The number of aryl methyl sites for hydroxylation is 1. The maximum absolute atomic E-state index is 10.8. The molecule has 6 nitrogen and oxygen atoms in total.